The van der Waals surface area contributed by atoms with Crippen LogP contribution < -0.4 is 54.8 Å². The summed E-state index contributed by atoms with van der Waals surface area (Å²) in [6, 6.07) is -9.68. The van der Waals surface area contributed by atoms with Crippen LogP contribution in [0.1, 0.15) is 99.3 Å². The van der Waals surface area contributed by atoms with Crippen LogP contribution in [0.15, 0.2) is 0 Å². The monoisotopic (exact) mass is 828 g/mol. The Hall–Kier alpha value is -5.38. The number of primary amides is 2. The second kappa shape index (κ2) is 26.5. The van der Waals surface area contributed by atoms with E-state index in [2.05, 4.69) is 31.9 Å². The van der Waals surface area contributed by atoms with Crippen LogP contribution in [0.4, 0.5) is 0 Å². The Morgan fingerprint density at radius 2 is 1.00 bits per heavy atom. The van der Waals surface area contributed by atoms with Gasteiger partial charge in [0, 0.05) is 12.8 Å². The van der Waals surface area contributed by atoms with Crippen LogP contribution in [0.3, 0.4) is 0 Å². The SMILES string of the molecule is CC[C@H](C)[C@H](NC(=O)[C@H](CC(N)=O)NC(=O)[C@@H](NC(=O)[C@@H](N)C(C)C)C(C)C)C(=O)N[C@@H](CCC(N)=O)C(=O)N[C@@H](CCCCN)C(=O)N[C@@H](CCC(=O)O)C(=O)O. The highest BCUT2D eigenvalue weighted by Gasteiger charge is 2.36. The summed E-state index contributed by atoms with van der Waals surface area (Å²) in [5.74, 6) is -11.4. The van der Waals surface area contributed by atoms with Crippen molar-refractivity contribution in [1.29, 1.82) is 0 Å². The highest BCUT2D eigenvalue weighted by molar-refractivity contribution is 5.98. The number of carbonyl (C=O) groups is 10. The van der Waals surface area contributed by atoms with Crippen molar-refractivity contribution in [3.8, 4) is 0 Å². The molecule has 8 amide bonds. The van der Waals surface area contributed by atoms with Crippen LogP contribution in [-0.2, 0) is 47.9 Å². The van der Waals surface area contributed by atoms with Crippen molar-refractivity contribution < 1.29 is 58.2 Å². The van der Waals surface area contributed by atoms with Crippen LogP contribution in [0.25, 0.3) is 0 Å². The number of carbonyl (C=O) groups excluding carboxylic acids is 8. The molecule has 16 N–H and O–H groups in total. The molecule has 0 saturated carbocycles. The Kier molecular flexibility index (Phi) is 24.1. The summed E-state index contributed by atoms with van der Waals surface area (Å²) in [6.07, 6.45) is -1.56. The van der Waals surface area contributed by atoms with Crippen molar-refractivity contribution in [3.05, 3.63) is 0 Å². The van der Waals surface area contributed by atoms with Gasteiger partial charge in [-0.1, -0.05) is 48.0 Å². The molecule has 0 saturated heterocycles. The largest absolute Gasteiger partial charge is 0.481 e. The minimum atomic E-state index is -1.62. The summed E-state index contributed by atoms with van der Waals surface area (Å²) in [5, 5.41) is 33.1. The van der Waals surface area contributed by atoms with E-state index in [0.717, 1.165) is 0 Å². The molecular weight excluding hydrogens is 764 g/mol. The first-order valence-electron chi connectivity index (χ1n) is 19.3. The Bertz CT molecular complexity index is 1460. The number of aliphatic carboxylic acids is 2. The van der Waals surface area contributed by atoms with Crippen LogP contribution in [-0.4, -0.2) is 118 Å². The fourth-order valence-corrected chi connectivity index (χ4v) is 5.36. The predicted octanol–water partition coefficient (Wildman–Crippen LogP) is -3.20. The van der Waals surface area contributed by atoms with Gasteiger partial charge in [0.15, 0.2) is 0 Å². The van der Waals surface area contributed by atoms with Crippen molar-refractivity contribution in [3.63, 3.8) is 0 Å². The van der Waals surface area contributed by atoms with E-state index < -0.39 is 139 Å². The average Bonchev–Trinajstić information content (AvgIpc) is 3.13. The molecule has 0 unspecified atom stereocenters. The number of hydrogen-bond acceptors (Lipinski definition) is 12. The Labute approximate surface area is 337 Å². The van der Waals surface area contributed by atoms with Crippen LogP contribution >= 0.6 is 0 Å². The van der Waals surface area contributed by atoms with E-state index in [9.17, 15) is 53.1 Å². The smallest absolute Gasteiger partial charge is 0.326 e. The molecule has 0 bridgehead atoms. The molecule has 0 radical (unpaired) electrons. The van der Waals surface area contributed by atoms with Crippen molar-refractivity contribution in [2.75, 3.05) is 6.54 Å². The highest BCUT2D eigenvalue weighted by atomic mass is 16.4. The number of hydrogen-bond donors (Lipinski definition) is 12. The maximum atomic E-state index is 13.9. The standard InChI is InChI=1S/C36H64N10O12/c1-7-19(6)29(46-32(53)23(16-25(39)48)44-34(55)28(18(4)5)45-33(54)27(40)17(2)3)35(56)42-21(11-13-24(38)47)31(52)41-20(10-8-9-15-37)30(51)43-22(36(57)58)12-14-26(49)50/h17-23,27-29H,7-16,37,40H2,1-6H3,(H2,38,47)(H2,39,48)(H,41,52)(H,42,56)(H,43,51)(H,44,55)(H,45,54)(H,46,53)(H,49,50)(H,57,58)/t19-,20-,21-,22-,23-,27-,28-,29-/m0/s1. The minimum Gasteiger partial charge on any atom is -0.481 e. The first-order chi connectivity index (χ1) is 27.0. The molecule has 0 aliphatic heterocycles. The number of carboxylic acids is 2. The molecule has 22 heteroatoms. The van der Waals surface area contributed by atoms with Crippen LogP contribution in [0.5, 0.6) is 0 Å². The normalized spacial score (nSPS) is 15.3. The summed E-state index contributed by atoms with van der Waals surface area (Å²) in [4.78, 5) is 127. The molecule has 22 nitrogen and oxygen atoms in total. The summed E-state index contributed by atoms with van der Waals surface area (Å²) >= 11 is 0. The summed E-state index contributed by atoms with van der Waals surface area (Å²) in [7, 11) is 0. The first-order valence-corrected chi connectivity index (χ1v) is 19.3. The molecule has 330 valence electrons. The topological polar surface area (TPSA) is 387 Å². The van der Waals surface area contributed by atoms with E-state index in [0.29, 0.717) is 12.8 Å². The Morgan fingerprint density at radius 3 is 1.47 bits per heavy atom. The second-order valence-corrected chi connectivity index (χ2v) is 14.8. The van der Waals surface area contributed by atoms with E-state index in [-0.39, 0.29) is 31.7 Å². The van der Waals surface area contributed by atoms with Gasteiger partial charge in [-0.15, -0.1) is 0 Å². The molecule has 8 atom stereocenters. The third-order valence-corrected chi connectivity index (χ3v) is 9.25. The van der Waals surface area contributed by atoms with Crippen molar-refractivity contribution in [2.24, 2.45) is 40.7 Å². The van der Waals surface area contributed by atoms with E-state index >= 15 is 0 Å². The summed E-state index contributed by atoms with van der Waals surface area (Å²) in [6.45, 7) is 10.2. The third kappa shape index (κ3) is 19.7. The lowest BCUT2D eigenvalue weighted by molar-refractivity contribution is -0.143. The second-order valence-electron chi connectivity index (χ2n) is 14.8. The molecule has 0 spiro atoms. The number of unbranched alkanes of at least 4 members (excludes halogenated alkanes) is 1. The van der Waals surface area contributed by atoms with E-state index in [4.69, 9.17) is 28.0 Å². The highest BCUT2D eigenvalue weighted by Crippen LogP contribution is 2.12. The van der Waals surface area contributed by atoms with Gasteiger partial charge in [0.2, 0.25) is 47.3 Å². The van der Waals surface area contributed by atoms with Gasteiger partial charge in [0.25, 0.3) is 0 Å². The molecule has 0 aliphatic carbocycles. The van der Waals surface area contributed by atoms with Gasteiger partial charge >= 0.3 is 11.9 Å². The minimum absolute atomic E-state index is 0.0407. The van der Waals surface area contributed by atoms with Crippen LogP contribution in [0, 0.1) is 17.8 Å². The fourth-order valence-electron chi connectivity index (χ4n) is 5.36. The molecule has 0 rings (SSSR count). The number of rotatable bonds is 29. The van der Waals surface area contributed by atoms with Crippen molar-refractivity contribution in [2.45, 2.75) is 142 Å². The number of nitrogens with one attached hydrogen (secondary N) is 6. The Morgan fingerprint density at radius 1 is 0.534 bits per heavy atom. The van der Waals surface area contributed by atoms with Gasteiger partial charge in [-0.2, -0.15) is 0 Å². The number of amides is 8. The third-order valence-electron chi connectivity index (χ3n) is 9.25. The molecular formula is C36H64N10O12. The zero-order chi connectivity index (χ0) is 44.9. The fraction of sp³-hybridized carbons (Fsp3) is 0.722. The Balaban J connectivity index is 6.46. The number of nitrogens with two attached hydrogens (primary N) is 4. The van der Waals surface area contributed by atoms with E-state index in [1.807, 2.05) is 0 Å². The van der Waals surface area contributed by atoms with Gasteiger partial charge < -0.3 is 65.0 Å². The summed E-state index contributed by atoms with van der Waals surface area (Å²) in [5.41, 5.74) is 22.2. The van der Waals surface area contributed by atoms with Gasteiger partial charge in [-0.05, 0) is 56.4 Å². The molecule has 0 fully saturated rings. The zero-order valence-corrected chi connectivity index (χ0v) is 34.1. The lowest BCUT2D eigenvalue weighted by atomic mass is 9.96. The molecule has 0 heterocycles. The average molecular weight is 829 g/mol. The zero-order valence-electron chi connectivity index (χ0n) is 34.1. The van der Waals surface area contributed by atoms with Crippen LogP contribution in [0.2, 0.25) is 0 Å². The summed E-state index contributed by atoms with van der Waals surface area (Å²) < 4.78 is 0. The quantitative estimate of drug-likeness (QED) is 0.0331. The first kappa shape index (κ1) is 52.6. The molecule has 0 aliphatic rings. The molecule has 0 aromatic carbocycles. The predicted molar refractivity (Wildman–Crippen MR) is 208 cm³/mol. The maximum Gasteiger partial charge on any atom is 0.326 e. The van der Waals surface area contributed by atoms with Crippen molar-refractivity contribution >= 4 is 59.2 Å². The van der Waals surface area contributed by atoms with Gasteiger partial charge in [-0.25, -0.2) is 4.79 Å². The molecule has 0 aromatic rings. The molecule has 0 aromatic heterocycles. The van der Waals surface area contributed by atoms with Crippen molar-refractivity contribution in [1.82, 2.24) is 31.9 Å². The van der Waals surface area contributed by atoms with E-state index in [1.165, 1.54) is 0 Å². The van der Waals surface area contributed by atoms with Gasteiger partial charge in [-0.3, -0.25) is 43.2 Å². The van der Waals surface area contributed by atoms with Gasteiger partial charge in [0.05, 0.1) is 12.5 Å². The van der Waals surface area contributed by atoms with E-state index in [1.54, 1.807) is 41.5 Å². The lowest BCUT2D eigenvalue weighted by Crippen LogP contribution is -2.61. The molecule has 58 heavy (non-hydrogen) atoms. The number of carboxylic acid groups (broad SMARTS) is 2. The van der Waals surface area contributed by atoms with Gasteiger partial charge in [0.1, 0.15) is 36.3 Å². The maximum absolute atomic E-state index is 13.9. The lowest BCUT2D eigenvalue weighted by Gasteiger charge is -2.30.